The first-order chi connectivity index (χ1) is 17.4. The van der Waals surface area contributed by atoms with Gasteiger partial charge in [0.1, 0.15) is 23.9 Å². The molecule has 0 aliphatic carbocycles. The molecule has 0 aliphatic heterocycles. The number of carbonyl (C=O) groups is 5. The number of benzene rings is 1. The molecule has 5 unspecified atom stereocenters. The number of nitrogens with two attached hydrogens (primary N) is 2. The number of hydrogen-bond donors (Lipinski definition) is 7. The summed E-state index contributed by atoms with van der Waals surface area (Å²) in [7, 11) is 0. The molecule has 1 aromatic carbocycles. The van der Waals surface area contributed by atoms with Gasteiger partial charge in [-0.25, -0.2) is 4.79 Å². The minimum atomic E-state index is -1.28. The van der Waals surface area contributed by atoms with Crippen LogP contribution < -0.4 is 27.4 Å². The highest BCUT2D eigenvalue weighted by Gasteiger charge is 2.32. The Balaban J connectivity index is 3.14. The average Bonchev–Trinajstić information content (AvgIpc) is 2.84. The second-order valence-corrected chi connectivity index (χ2v) is 9.75. The molecule has 9 N–H and O–H groups in total. The molecule has 0 saturated carbocycles. The first kappa shape index (κ1) is 31.7. The van der Waals surface area contributed by atoms with Crippen LogP contribution in [0.3, 0.4) is 0 Å². The lowest BCUT2D eigenvalue weighted by molar-refractivity contribution is -0.143. The lowest BCUT2D eigenvalue weighted by Crippen LogP contribution is -2.58. The van der Waals surface area contributed by atoms with Crippen molar-refractivity contribution in [2.75, 3.05) is 12.0 Å². The number of carbonyl (C=O) groups excluding carboxylic acids is 4. The lowest BCUT2D eigenvalue weighted by Gasteiger charge is -2.26. The van der Waals surface area contributed by atoms with Gasteiger partial charge in [-0.1, -0.05) is 32.4 Å². The van der Waals surface area contributed by atoms with E-state index >= 15 is 0 Å². The molecule has 0 aliphatic rings. The summed E-state index contributed by atoms with van der Waals surface area (Å²) < 4.78 is 0. The molecule has 0 radical (unpaired) electrons. The zero-order chi connectivity index (χ0) is 28.1. The summed E-state index contributed by atoms with van der Waals surface area (Å²) in [6.45, 7) is 3.51. The van der Waals surface area contributed by atoms with Crippen molar-refractivity contribution >= 4 is 41.4 Å². The number of amides is 4. The molecule has 1 aromatic rings. The fraction of sp³-hybridized carbons (Fsp3) is 0.542. The number of primary amides is 1. The Morgan fingerprint density at radius 3 is 2.05 bits per heavy atom. The van der Waals surface area contributed by atoms with Gasteiger partial charge in [-0.3, -0.25) is 19.2 Å². The Labute approximate surface area is 220 Å². The summed E-state index contributed by atoms with van der Waals surface area (Å²) in [6.07, 6.45) is 2.12. The Morgan fingerprint density at radius 2 is 1.54 bits per heavy atom. The van der Waals surface area contributed by atoms with Gasteiger partial charge in [0.15, 0.2) is 0 Å². The molecule has 0 spiro atoms. The Bertz CT molecular complexity index is 944. The maximum absolute atomic E-state index is 13.3. The van der Waals surface area contributed by atoms with Gasteiger partial charge in [-0.15, -0.1) is 0 Å². The van der Waals surface area contributed by atoms with Gasteiger partial charge in [0.2, 0.25) is 23.6 Å². The molecular weight excluding hydrogens is 502 g/mol. The van der Waals surface area contributed by atoms with E-state index in [1.807, 2.05) is 6.26 Å². The van der Waals surface area contributed by atoms with Gasteiger partial charge >= 0.3 is 5.97 Å². The summed E-state index contributed by atoms with van der Waals surface area (Å²) in [5.41, 5.74) is 11.4. The number of carboxylic acid groups (broad SMARTS) is 1. The molecule has 0 fully saturated rings. The van der Waals surface area contributed by atoms with Crippen LogP contribution in [0.25, 0.3) is 0 Å². The first-order valence-electron chi connectivity index (χ1n) is 11.8. The van der Waals surface area contributed by atoms with Crippen molar-refractivity contribution in [1.82, 2.24) is 16.0 Å². The number of rotatable bonds is 16. The zero-order valence-corrected chi connectivity index (χ0v) is 22.0. The van der Waals surface area contributed by atoms with Gasteiger partial charge in [-0.2, -0.15) is 11.8 Å². The molecule has 5 atom stereocenters. The number of thioether (sulfide) groups is 1. The molecule has 206 valence electrons. The second kappa shape index (κ2) is 15.7. The van der Waals surface area contributed by atoms with Crippen molar-refractivity contribution in [3.05, 3.63) is 29.8 Å². The van der Waals surface area contributed by atoms with Gasteiger partial charge in [0.25, 0.3) is 0 Å². The summed E-state index contributed by atoms with van der Waals surface area (Å²) in [5.74, 6) is -3.95. The standard InChI is InChI=1S/C24H37N5O7S/c1-4-13(2)20(24(35)36)29-22(33)17(9-10-37-3)27-23(34)18(11-14-5-7-15(30)8-6-14)28-21(32)16(25)12-19(26)31/h5-8,13,16-18,20,30H,4,9-12,25H2,1-3H3,(H2,26,31)(H,27,34)(H,28,32)(H,29,33)(H,35,36). The summed E-state index contributed by atoms with van der Waals surface area (Å²) in [4.78, 5) is 61.7. The van der Waals surface area contributed by atoms with E-state index in [2.05, 4.69) is 16.0 Å². The predicted molar refractivity (Wildman–Crippen MR) is 139 cm³/mol. The van der Waals surface area contributed by atoms with Crippen LogP contribution in [-0.2, 0) is 30.4 Å². The van der Waals surface area contributed by atoms with Crippen LogP contribution in [0.1, 0.15) is 38.7 Å². The monoisotopic (exact) mass is 539 g/mol. The topological polar surface area (TPSA) is 214 Å². The van der Waals surface area contributed by atoms with Gasteiger partial charge in [-0.05, 0) is 42.0 Å². The number of carboxylic acids is 1. The summed E-state index contributed by atoms with van der Waals surface area (Å²) in [5, 5.41) is 26.7. The van der Waals surface area contributed by atoms with E-state index in [4.69, 9.17) is 11.5 Å². The molecule has 4 amide bonds. The van der Waals surface area contributed by atoms with E-state index < -0.39 is 60.2 Å². The van der Waals surface area contributed by atoms with Crippen LogP contribution >= 0.6 is 11.8 Å². The molecule has 0 saturated heterocycles. The number of aromatic hydroxyl groups is 1. The van der Waals surface area contributed by atoms with Crippen molar-refractivity contribution in [2.24, 2.45) is 17.4 Å². The summed E-state index contributed by atoms with van der Waals surface area (Å²) in [6, 6.07) is 1.29. The van der Waals surface area contributed by atoms with E-state index in [0.717, 1.165) is 0 Å². The minimum absolute atomic E-state index is 0.0113. The molecule has 0 aromatic heterocycles. The third kappa shape index (κ3) is 11.1. The van der Waals surface area contributed by atoms with Crippen LogP contribution in [0.5, 0.6) is 5.75 Å². The third-order valence-electron chi connectivity index (χ3n) is 5.79. The van der Waals surface area contributed by atoms with Crippen molar-refractivity contribution in [3.8, 4) is 5.75 Å². The highest BCUT2D eigenvalue weighted by molar-refractivity contribution is 7.98. The zero-order valence-electron chi connectivity index (χ0n) is 21.2. The van der Waals surface area contributed by atoms with Crippen LogP contribution in [-0.4, -0.2) is 76.0 Å². The fourth-order valence-corrected chi connectivity index (χ4v) is 3.85. The number of nitrogens with one attached hydrogen (secondary N) is 3. The number of phenolic OH excluding ortho intramolecular Hbond substituents is 1. The van der Waals surface area contributed by atoms with E-state index in [1.165, 1.54) is 23.9 Å². The first-order valence-corrected chi connectivity index (χ1v) is 13.2. The molecule has 13 heteroatoms. The highest BCUT2D eigenvalue weighted by atomic mass is 32.2. The quantitative estimate of drug-likeness (QED) is 0.144. The van der Waals surface area contributed by atoms with Crippen molar-refractivity contribution in [2.45, 2.75) is 63.7 Å². The van der Waals surface area contributed by atoms with Gasteiger partial charge in [0.05, 0.1) is 12.5 Å². The second-order valence-electron chi connectivity index (χ2n) is 8.76. The Morgan fingerprint density at radius 1 is 0.973 bits per heavy atom. The molecule has 0 bridgehead atoms. The highest BCUT2D eigenvalue weighted by Crippen LogP contribution is 2.13. The Hall–Kier alpha value is -3.32. The Kier molecular flexibility index (Phi) is 13.5. The maximum Gasteiger partial charge on any atom is 0.326 e. The molecule has 37 heavy (non-hydrogen) atoms. The normalized spacial score (nSPS) is 14.9. The largest absolute Gasteiger partial charge is 0.508 e. The van der Waals surface area contributed by atoms with Crippen molar-refractivity contribution in [1.29, 1.82) is 0 Å². The van der Waals surface area contributed by atoms with E-state index in [1.54, 1.807) is 26.0 Å². The third-order valence-corrected chi connectivity index (χ3v) is 6.43. The maximum atomic E-state index is 13.3. The van der Waals surface area contributed by atoms with Crippen LogP contribution in [0, 0.1) is 5.92 Å². The van der Waals surface area contributed by atoms with Crippen LogP contribution in [0.15, 0.2) is 24.3 Å². The van der Waals surface area contributed by atoms with E-state index in [0.29, 0.717) is 17.7 Å². The smallest absolute Gasteiger partial charge is 0.326 e. The lowest BCUT2D eigenvalue weighted by atomic mass is 9.98. The van der Waals surface area contributed by atoms with Crippen LogP contribution in [0.2, 0.25) is 0 Å². The number of hydrogen-bond acceptors (Lipinski definition) is 8. The SMILES string of the molecule is CCC(C)C(NC(=O)C(CCSC)NC(=O)C(Cc1ccc(O)cc1)NC(=O)C(N)CC(N)=O)C(=O)O. The molecule has 1 rings (SSSR count). The minimum Gasteiger partial charge on any atom is -0.508 e. The fourth-order valence-electron chi connectivity index (χ4n) is 3.38. The van der Waals surface area contributed by atoms with E-state index in [9.17, 15) is 34.2 Å². The molecule has 12 nitrogen and oxygen atoms in total. The van der Waals surface area contributed by atoms with Gasteiger partial charge < -0.3 is 37.6 Å². The predicted octanol–water partition coefficient (Wildman–Crippen LogP) is -0.524. The van der Waals surface area contributed by atoms with Crippen LogP contribution in [0.4, 0.5) is 0 Å². The van der Waals surface area contributed by atoms with Crippen molar-refractivity contribution in [3.63, 3.8) is 0 Å². The molecular formula is C24H37N5O7S. The number of phenols is 1. The average molecular weight is 540 g/mol. The summed E-state index contributed by atoms with van der Waals surface area (Å²) >= 11 is 1.44. The number of aliphatic carboxylic acids is 1. The van der Waals surface area contributed by atoms with E-state index in [-0.39, 0.29) is 24.5 Å². The molecule has 0 heterocycles. The van der Waals surface area contributed by atoms with Crippen molar-refractivity contribution < 1.29 is 34.2 Å². The van der Waals surface area contributed by atoms with Gasteiger partial charge in [0, 0.05) is 6.42 Å².